The van der Waals surface area contributed by atoms with Crippen LogP contribution in [0, 0.1) is 19.7 Å². The van der Waals surface area contributed by atoms with Gasteiger partial charge in [-0.2, -0.15) is 0 Å². The van der Waals surface area contributed by atoms with E-state index in [2.05, 4.69) is 10.6 Å². The highest BCUT2D eigenvalue weighted by molar-refractivity contribution is 6.33. The van der Waals surface area contributed by atoms with Gasteiger partial charge in [0.1, 0.15) is 11.9 Å². The molecule has 0 spiro atoms. The Kier molecular flexibility index (Phi) is 5.03. The van der Waals surface area contributed by atoms with E-state index < -0.39 is 11.9 Å². The van der Waals surface area contributed by atoms with Gasteiger partial charge in [-0.1, -0.05) is 29.3 Å². The largest absolute Gasteiger partial charge is 0.374 e. The van der Waals surface area contributed by atoms with Gasteiger partial charge in [-0.15, -0.1) is 0 Å². The number of carbonyl (C=O) groups is 1. The van der Waals surface area contributed by atoms with Crippen molar-refractivity contribution in [1.29, 1.82) is 0 Å². The molecule has 0 aromatic heterocycles. The summed E-state index contributed by atoms with van der Waals surface area (Å²) in [5.74, 6) is -0.682. The van der Waals surface area contributed by atoms with Gasteiger partial charge < -0.3 is 10.6 Å². The SMILES string of the molecule is Cc1ccc(N[C@@H](C)C(=O)Nc2ccc(F)cc2Cl)c(C)c1. The smallest absolute Gasteiger partial charge is 0.246 e. The van der Waals surface area contributed by atoms with E-state index in [1.165, 1.54) is 23.8 Å². The van der Waals surface area contributed by atoms with Crippen LogP contribution in [-0.2, 0) is 4.79 Å². The molecule has 2 rings (SSSR count). The molecule has 1 amide bonds. The molecular formula is C17H18ClFN2O. The Morgan fingerprint density at radius 3 is 2.45 bits per heavy atom. The number of hydrogen-bond acceptors (Lipinski definition) is 2. The Hall–Kier alpha value is -2.07. The van der Waals surface area contributed by atoms with Gasteiger partial charge in [0.25, 0.3) is 0 Å². The van der Waals surface area contributed by atoms with E-state index in [-0.39, 0.29) is 10.9 Å². The molecule has 0 fully saturated rings. The predicted molar refractivity (Wildman–Crippen MR) is 89.0 cm³/mol. The predicted octanol–water partition coefficient (Wildman–Crippen LogP) is 4.54. The van der Waals surface area contributed by atoms with Crippen LogP contribution in [0.1, 0.15) is 18.1 Å². The van der Waals surface area contributed by atoms with Crippen molar-refractivity contribution in [2.45, 2.75) is 26.8 Å². The normalized spacial score (nSPS) is 11.9. The van der Waals surface area contributed by atoms with Gasteiger partial charge in [0.05, 0.1) is 10.7 Å². The average molecular weight is 321 g/mol. The summed E-state index contributed by atoms with van der Waals surface area (Å²) >= 11 is 5.91. The Bertz CT molecular complexity index is 703. The molecule has 2 aromatic carbocycles. The van der Waals surface area contributed by atoms with Crippen molar-refractivity contribution >= 4 is 28.9 Å². The molecule has 0 aliphatic rings. The van der Waals surface area contributed by atoms with E-state index in [0.717, 1.165) is 11.3 Å². The summed E-state index contributed by atoms with van der Waals surface area (Å²) in [5.41, 5.74) is 3.53. The molecular weight excluding hydrogens is 303 g/mol. The maximum Gasteiger partial charge on any atom is 0.246 e. The second-order valence-electron chi connectivity index (χ2n) is 5.30. The minimum atomic E-state index is -0.456. The van der Waals surface area contributed by atoms with Crippen LogP contribution in [0.2, 0.25) is 5.02 Å². The van der Waals surface area contributed by atoms with Gasteiger partial charge >= 0.3 is 0 Å². The zero-order valence-corrected chi connectivity index (χ0v) is 13.5. The van der Waals surface area contributed by atoms with Gasteiger partial charge in [-0.25, -0.2) is 4.39 Å². The second-order valence-corrected chi connectivity index (χ2v) is 5.71. The van der Waals surface area contributed by atoms with Crippen molar-refractivity contribution in [3.8, 4) is 0 Å². The number of aryl methyl sites for hydroxylation is 2. The lowest BCUT2D eigenvalue weighted by molar-refractivity contribution is -0.116. The molecule has 0 saturated heterocycles. The maximum atomic E-state index is 13.0. The van der Waals surface area contributed by atoms with E-state index in [9.17, 15) is 9.18 Å². The standard InChI is InChI=1S/C17H18ClFN2O/c1-10-4-6-15(11(2)8-10)20-12(3)17(22)21-16-7-5-13(19)9-14(16)18/h4-9,12,20H,1-3H3,(H,21,22)/t12-/m0/s1. The molecule has 0 radical (unpaired) electrons. The number of carbonyl (C=O) groups excluding carboxylic acids is 1. The first-order valence-electron chi connectivity index (χ1n) is 6.96. The summed E-state index contributed by atoms with van der Waals surface area (Å²) in [6, 6.07) is 9.38. The summed E-state index contributed by atoms with van der Waals surface area (Å²) in [5, 5.41) is 6.02. The van der Waals surface area contributed by atoms with Crippen LogP contribution in [0.3, 0.4) is 0 Å². The summed E-state index contributed by atoms with van der Waals surface area (Å²) in [7, 11) is 0. The van der Waals surface area contributed by atoms with Crippen LogP contribution in [0.15, 0.2) is 36.4 Å². The highest BCUT2D eigenvalue weighted by Crippen LogP contribution is 2.23. The number of nitrogens with one attached hydrogen (secondary N) is 2. The van der Waals surface area contributed by atoms with Gasteiger partial charge in [-0.05, 0) is 50.6 Å². The Morgan fingerprint density at radius 2 is 1.82 bits per heavy atom. The van der Waals surface area contributed by atoms with Crippen LogP contribution in [0.5, 0.6) is 0 Å². The summed E-state index contributed by atoms with van der Waals surface area (Å²) in [4.78, 5) is 12.2. The van der Waals surface area contributed by atoms with Crippen LogP contribution in [0.4, 0.5) is 15.8 Å². The fraction of sp³-hybridized carbons (Fsp3) is 0.235. The third-order valence-corrected chi connectivity index (χ3v) is 3.65. The lowest BCUT2D eigenvalue weighted by Gasteiger charge is -2.17. The Balaban J connectivity index is 2.05. The topological polar surface area (TPSA) is 41.1 Å². The first kappa shape index (κ1) is 16.3. The third-order valence-electron chi connectivity index (χ3n) is 3.34. The van der Waals surface area contributed by atoms with Crippen molar-refractivity contribution in [2.24, 2.45) is 0 Å². The summed E-state index contributed by atoms with van der Waals surface area (Å²) in [6.45, 7) is 5.76. The number of rotatable bonds is 4. The highest BCUT2D eigenvalue weighted by atomic mass is 35.5. The van der Waals surface area contributed by atoms with Crippen molar-refractivity contribution in [1.82, 2.24) is 0 Å². The van der Waals surface area contributed by atoms with E-state index in [0.29, 0.717) is 5.69 Å². The van der Waals surface area contributed by atoms with Crippen molar-refractivity contribution < 1.29 is 9.18 Å². The third kappa shape index (κ3) is 3.98. The minimum Gasteiger partial charge on any atom is -0.374 e. The van der Waals surface area contributed by atoms with E-state index in [1.54, 1.807) is 6.92 Å². The zero-order valence-electron chi connectivity index (χ0n) is 12.7. The average Bonchev–Trinajstić information content (AvgIpc) is 2.44. The fourth-order valence-electron chi connectivity index (χ4n) is 2.11. The number of amides is 1. The minimum absolute atomic E-state index is 0.173. The monoisotopic (exact) mass is 320 g/mol. The summed E-state index contributed by atoms with van der Waals surface area (Å²) in [6.07, 6.45) is 0. The number of hydrogen-bond donors (Lipinski definition) is 2. The van der Waals surface area contributed by atoms with Crippen LogP contribution >= 0.6 is 11.6 Å². The molecule has 0 unspecified atom stereocenters. The molecule has 1 atom stereocenters. The number of benzene rings is 2. The van der Waals surface area contributed by atoms with E-state index >= 15 is 0 Å². The highest BCUT2D eigenvalue weighted by Gasteiger charge is 2.15. The molecule has 0 aliphatic carbocycles. The van der Waals surface area contributed by atoms with Crippen molar-refractivity contribution in [3.63, 3.8) is 0 Å². The maximum absolute atomic E-state index is 13.0. The van der Waals surface area contributed by atoms with Gasteiger partial charge in [0.2, 0.25) is 5.91 Å². The van der Waals surface area contributed by atoms with Gasteiger partial charge in [0, 0.05) is 5.69 Å². The van der Waals surface area contributed by atoms with Crippen LogP contribution in [0.25, 0.3) is 0 Å². The number of anilines is 2. The Morgan fingerprint density at radius 1 is 1.14 bits per heavy atom. The number of halogens is 2. The van der Waals surface area contributed by atoms with E-state index in [1.807, 2.05) is 32.0 Å². The first-order chi connectivity index (χ1) is 10.4. The molecule has 22 heavy (non-hydrogen) atoms. The summed E-state index contributed by atoms with van der Waals surface area (Å²) < 4.78 is 13.0. The molecule has 2 N–H and O–H groups in total. The molecule has 0 saturated carbocycles. The van der Waals surface area contributed by atoms with Crippen molar-refractivity contribution in [3.05, 3.63) is 58.4 Å². The Labute approximate surface area is 134 Å². The second kappa shape index (κ2) is 6.79. The van der Waals surface area contributed by atoms with Gasteiger partial charge in [-0.3, -0.25) is 4.79 Å². The molecule has 5 heteroatoms. The van der Waals surface area contributed by atoms with Gasteiger partial charge in [0.15, 0.2) is 0 Å². The zero-order chi connectivity index (χ0) is 16.3. The molecule has 0 bridgehead atoms. The van der Waals surface area contributed by atoms with Crippen LogP contribution in [-0.4, -0.2) is 11.9 Å². The molecule has 0 aliphatic heterocycles. The molecule has 0 heterocycles. The molecule has 2 aromatic rings. The lowest BCUT2D eigenvalue weighted by Crippen LogP contribution is -2.32. The van der Waals surface area contributed by atoms with Crippen molar-refractivity contribution in [2.75, 3.05) is 10.6 Å². The van der Waals surface area contributed by atoms with Crippen LogP contribution < -0.4 is 10.6 Å². The van der Waals surface area contributed by atoms with E-state index in [4.69, 9.17) is 11.6 Å². The quantitative estimate of drug-likeness (QED) is 0.868. The fourth-order valence-corrected chi connectivity index (χ4v) is 2.32. The molecule has 3 nitrogen and oxygen atoms in total. The first-order valence-corrected chi connectivity index (χ1v) is 7.34. The lowest BCUT2D eigenvalue weighted by atomic mass is 10.1. The molecule has 116 valence electrons.